The Morgan fingerprint density at radius 2 is 1.59 bits per heavy atom. The molecule has 2 unspecified atom stereocenters. The molecule has 7 aliphatic carbocycles. The first kappa shape index (κ1) is 29.7. The lowest BCUT2D eigenvalue weighted by Gasteiger charge is -2.60. The Morgan fingerprint density at radius 1 is 1.00 bits per heavy atom. The molecule has 6 atom stereocenters. The van der Waals surface area contributed by atoms with Crippen LogP contribution in [0.4, 0.5) is 4.39 Å². The third-order valence-electron chi connectivity index (χ3n) is 12.3. The van der Waals surface area contributed by atoms with Crippen molar-refractivity contribution in [2.75, 3.05) is 21.1 Å². The predicted octanol–water partition coefficient (Wildman–Crippen LogP) is 1.41. The van der Waals surface area contributed by atoms with Gasteiger partial charge in [0.2, 0.25) is 5.91 Å². The van der Waals surface area contributed by atoms with Crippen molar-refractivity contribution in [2.24, 2.45) is 47.2 Å². The summed E-state index contributed by atoms with van der Waals surface area (Å²) in [6.07, 6.45) is 6.89. The summed E-state index contributed by atoms with van der Waals surface area (Å²) >= 11 is 0. The lowest BCUT2D eigenvalue weighted by atomic mass is 9.52. The van der Waals surface area contributed by atoms with E-state index in [9.17, 15) is 34.2 Å². The smallest absolute Gasteiger partial charge is 0.235 e. The highest BCUT2D eigenvalue weighted by Gasteiger charge is 2.69. The number of halogens is 1. The quantitative estimate of drug-likeness (QED) is 0.420. The standard InChI is InChI=1S/C33H40FN3O7/c1-36(2)26-20-8-17-7-19-23(27(39)22(17)29(41)33(20,44)30(42)24(28(26)40)31(35)43)21(38)9-18(25(19)34)13-37(3)32-10-14-4-15(11-32)6-16(5-14)12-32/h9,14-17,20,22,24,26,38,44H,4-8,10-13H2,1-3H3,(H2,35,43)/t14?,15?,16?,17-,20-,22?,24?,26-,32?,33-/m0/s1. The maximum absolute atomic E-state index is 16.4. The van der Waals surface area contributed by atoms with Gasteiger partial charge in [-0.15, -0.1) is 0 Å². The fourth-order valence-electron chi connectivity index (χ4n) is 10.8. The number of primary amides is 1. The van der Waals surface area contributed by atoms with Crippen LogP contribution in [0, 0.1) is 47.2 Å². The Bertz CT molecular complexity index is 1490. The third kappa shape index (κ3) is 3.91. The average molecular weight is 610 g/mol. The van der Waals surface area contributed by atoms with Crippen LogP contribution in [0.3, 0.4) is 0 Å². The molecule has 0 spiro atoms. The number of fused-ring (bicyclic) bond motifs is 3. The van der Waals surface area contributed by atoms with E-state index in [1.54, 1.807) is 0 Å². The van der Waals surface area contributed by atoms with Gasteiger partial charge in [-0.05, 0) is 102 Å². The number of ketones is 4. The fourth-order valence-corrected chi connectivity index (χ4v) is 10.8. The van der Waals surface area contributed by atoms with Crippen LogP contribution >= 0.6 is 0 Å². The molecule has 6 saturated carbocycles. The van der Waals surface area contributed by atoms with Gasteiger partial charge in [0.1, 0.15) is 11.6 Å². The molecule has 0 aliphatic heterocycles. The molecule has 0 heterocycles. The van der Waals surface area contributed by atoms with Crippen molar-refractivity contribution in [1.29, 1.82) is 0 Å². The minimum Gasteiger partial charge on any atom is -0.507 e. The van der Waals surface area contributed by atoms with Crippen LogP contribution in [0.5, 0.6) is 5.75 Å². The second-order valence-electron chi connectivity index (χ2n) is 15.0. The Balaban J connectivity index is 1.23. The number of Topliss-reactive ketones (excluding diaryl/α,β-unsaturated/α-hetero) is 4. The van der Waals surface area contributed by atoms with E-state index in [0.717, 1.165) is 19.3 Å². The van der Waals surface area contributed by atoms with Gasteiger partial charge in [-0.3, -0.25) is 33.8 Å². The molecule has 0 saturated heterocycles. The maximum Gasteiger partial charge on any atom is 0.235 e. The van der Waals surface area contributed by atoms with Gasteiger partial charge in [-0.1, -0.05) is 0 Å². The monoisotopic (exact) mass is 609 g/mol. The van der Waals surface area contributed by atoms with Gasteiger partial charge in [0.15, 0.2) is 34.7 Å². The lowest BCUT2D eigenvalue weighted by Crippen LogP contribution is -2.74. The summed E-state index contributed by atoms with van der Waals surface area (Å²) in [5.41, 5.74) is 2.55. The van der Waals surface area contributed by atoms with E-state index in [4.69, 9.17) is 5.73 Å². The number of rotatable bonds is 5. The van der Waals surface area contributed by atoms with Gasteiger partial charge in [0.05, 0.1) is 17.5 Å². The van der Waals surface area contributed by atoms with Crippen molar-refractivity contribution in [2.45, 2.75) is 75.1 Å². The number of benzene rings is 1. The zero-order valence-electron chi connectivity index (χ0n) is 25.3. The van der Waals surface area contributed by atoms with Gasteiger partial charge in [0.25, 0.3) is 0 Å². The van der Waals surface area contributed by atoms with E-state index in [1.165, 1.54) is 44.3 Å². The Labute approximate surface area is 255 Å². The number of nitrogens with two attached hydrogens (primary N) is 1. The van der Waals surface area contributed by atoms with Gasteiger partial charge in [0, 0.05) is 29.1 Å². The van der Waals surface area contributed by atoms with Crippen molar-refractivity contribution >= 4 is 29.0 Å². The zero-order chi connectivity index (χ0) is 31.6. The summed E-state index contributed by atoms with van der Waals surface area (Å²) < 4.78 is 16.4. The second kappa shape index (κ2) is 9.74. The number of carbonyl (C=O) groups excluding carboxylic acids is 5. The summed E-state index contributed by atoms with van der Waals surface area (Å²) in [5.74, 6) is -9.98. The molecule has 1 aromatic carbocycles. The first-order chi connectivity index (χ1) is 20.7. The summed E-state index contributed by atoms with van der Waals surface area (Å²) in [5, 5.41) is 22.8. The summed E-state index contributed by atoms with van der Waals surface area (Å²) in [6, 6.07) is 0.0687. The van der Waals surface area contributed by atoms with Crippen LogP contribution in [-0.2, 0) is 32.1 Å². The molecule has 1 aromatic rings. The van der Waals surface area contributed by atoms with E-state index in [2.05, 4.69) is 4.90 Å². The van der Waals surface area contributed by atoms with Crippen LogP contribution in [0.15, 0.2) is 6.07 Å². The molecular formula is C33H40FN3O7. The largest absolute Gasteiger partial charge is 0.507 e. The molecular weight excluding hydrogens is 569 g/mol. The Morgan fingerprint density at radius 3 is 2.14 bits per heavy atom. The van der Waals surface area contributed by atoms with Crippen LogP contribution < -0.4 is 5.73 Å². The minimum absolute atomic E-state index is 0.00209. The number of phenolic OH excluding ortho intramolecular Hbond substituents is 1. The van der Waals surface area contributed by atoms with E-state index in [-0.39, 0.29) is 41.6 Å². The number of hydrogen-bond donors (Lipinski definition) is 3. The Hall–Kier alpha value is -3.02. The maximum atomic E-state index is 16.4. The molecule has 236 valence electrons. The van der Waals surface area contributed by atoms with Crippen molar-refractivity contribution in [3.63, 3.8) is 0 Å². The lowest BCUT2D eigenvalue weighted by molar-refractivity contribution is -0.181. The van der Waals surface area contributed by atoms with Crippen LogP contribution in [0.25, 0.3) is 0 Å². The molecule has 44 heavy (non-hydrogen) atoms. The SMILES string of the molecule is CN(C)[C@@H]1C(=O)C(C(N)=O)C(=O)[C@@]2(O)C(=O)C3C(=O)c4c(O)cc(CN(C)C56CC7CC(CC(C7)C5)C6)c(F)c4C[C@H]3C[C@@H]12. The molecule has 4 bridgehead atoms. The first-order valence-electron chi connectivity index (χ1n) is 15.8. The highest BCUT2D eigenvalue weighted by molar-refractivity contribution is 6.32. The average Bonchev–Trinajstić information content (AvgIpc) is 2.92. The fraction of sp³-hybridized carbons (Fsp3) is 0.667. The van der Waals surface area contributed by atoms with Crippen LogP contribution in [0.2, 0.25) is 0 Å². The van der Waals surface area contributed by atoms with Crippen molar-refractivity contribution in [3.05, 3.63) is 28.6 Å². The van der Waals surface area contributed by atoms with Crippen molar-refractivity contribution in [3.8, 4) is 5.75 Å². The zero-order valence-corrected chi connectivity index (χ0v) is 25.3. The number of likely N-dealkylation sites (N-methyl/N-ethyl adjacent to an activating group) is 1. The van der Waals surface area contributed by atoms with Crippen LogP contribution in [0.1, 0.15) is 66.4 Å². The highest BCUT2D eigenvalue weighted by Crippen LogP contribution is 2.58. The summed E-state index contributed by atoms with van der Waals surface area (Å²) in [4.78, 5) is 70.3. The van der Waals surface area contributed by atoms with Crippen molar-refractivity contribution < 1.29 is 38.6 Å². The molecule has 0 radical (unpaired) electrons. The van der Waals surface area contributed by atoms with Gasteiger partial charge in [-0.25, -0.2) is 4.39 Å². The molecule has 8 rings (SSSR count). The summed E-state index contributed by atoms with van der Waals surface area (Å²) in [6.45, 7) is 0.267. The molecule has 10 nitrogen and oxygen atoms in total. The molecule has 11 heteroatoms. The van der Waals surface area contributed by atoms with E-state index >= 15 is 4.39 Å². The summed E-state index contributed by atoms with van der Waals surface area (Å²) in [7, 11) is 5.07. The molecule has 7 aliphatic rings. The predicted molar refractivity (Wildman–Crippen MR) is 154 cm³/mol. The Kier molecular flexibility index (Phi) is 6.57. The number of phenols is 1. The second-order valence-corrected chi connectivity index (χ2v) is 15.0. The highest BCUT2D eigenvalue weighted by atomic mass is 19.1. The van der Waals surface area contributed by atoms with Crippen molar-refractivity contribution in [1.82, 2.24) is 9.80 Å². The number of aromatic hydroxyl groups is 1. The van der Waals surface area contributed by atoms with E-state index in [1.807, 2.05) is 7.05 Å². The number of carbonyl (C=O) groups is 5. The molecule has 6 fully saturated rings. The molecule has 1 amide bonds. The number of aliphatic hydroxyl groups is 1. The minimum atomic E-state index is -2.80. The van der Waals surface area contributed by atoms with Gasteiger partial charge in [-0.2, -0.15) is 0 Å². The van der Waals surface area contributed by atoms with E-state index in [0.29, 0.717) is 17.8 Å². The third-order valence-corrected chi connectivity index (χ3v) is 12.3. The molecule has 4 N–H and O–H groups in total. The van der Waals surface area contributed by atoms with Gasteiger partial charge >= 0.3 is 0 Å². The molecule has 0 aromatic heterocycles. The van der Waals surface area contributed by atoms with E-state index < -0.39 is 75.9 Å². The number of hydrogen-bond acceptors (Lipinski definition) is 9. The topological polar surface area (TPSA) is 158 Å². The van der Waals surface area contributed by atoms with Gasteiger partial charge < -0.3 is 15.9 Å². The normalized spacial score (nSPS) is 40.8. The first-order valence-corrected chi connectivity index (χ1v) is 15.8. The van der Waals surface area contributed by atoms with Crippen LogP contribution in [-0.4, -0.2) is 87.4 Å². The number of amides is 1. The number of nitrogens with zero attached hydrogens (tertiary/aromatic N) is 2.